The van der Waals surface area contributed by atoms with Crippen LogP contribution in [0.2, 0.25) is 0 Å². The zero-order valence-electron chi connectivity index (χ0n) is 10.7. The molecule has 2 atom stereocenters. The minimum atomic E-state index is -3.55. The number of ketones is 1. The summed E-state index contributed by atoms with van der Waals surface area (Å²) in [6, 6.07) is 8.30. The molecule has 1 aliphatic carbocycles. The number of benzene rings is 1. The van der Waals surface area contributed by atoms with Crippen molar-refractivity contribution >= 4 is 15.6 Å². The maximum Gasteiger partial charge on any atom is 0.191 e. The van der Waals surface area contributed by atoms with Gasteiger partial charge in [-0.15, -0.1) is 0 Å². The number of hydrogen-bond acceptors (Lipinski definition) is 3. The average molecular weight is 266 g/mol. The van der Waals surface area contributed by atoms with Crippen LogP contribution in [0.1, 0.15) is 33.1 Å². The lowest BCUT2D eigenvalue weighted by Gasteiger charge is -2.16. The predicted octanol–water partition coefficient (Wildman–Crippen LogP) is 2.61. The van der Waals surface area contributed by atoms with Crippen LogP contribution in [0, 0.1) is 5.92 Å². The van der Waals surface area contributed by atoms with E-state index in [0.29, 0.717) is 19.3 Å². The van der Waals surface area contributed by atoms with Crippen LogP contribution in [-0.2, 0) is 14.6 Å². The first-order chi connectivity index (χ1) is 8.46. The summed E-state index contributed by atoms with van der Waals surface area (Å²) < 4.78 is 24.1. The first kappa shape index (κ1) is 13.3. The van der Waals surface area contributed by atoms with E-state index >= 15 is 0 Å². The molecule has 0 aromatic heterocycles. The van der Waals surface area contributed by atoms with E-state index in [1.807, 2.05) is 13.8 Å². The van der Waals surface area contributed by atoms with Gasteiger partial charge in [0.2, 0.25) is 0 Å². The van der Waals surface area contributed by atoms with E-state index in [0.717, 1.165) is 0 Å². The second-order valence-electron chi connectivity index (χ2n) is 4.98. The lowest BCUT2D eigenvalue weighted by atomic mass is 10.1. The van der Waals surface area contributed by atoms with Crippen molar-refractivity contribution in [3.05, 3.63) is 30.3 Å². The lowest BCUT2D eigenvalue weighted by molar-refractivity contribution is -0.119. The van der Waals surface area contributed by atoms with E-state index in [1.165, 1.54) is 0 Å². The molecule has 1 fully saturated rings. The molecule has 0 unspecified atom stereocenters. The number of carbonyl (C=O) groups excluding carboxylic acids is 1. The Morgan fingerprint density at radius 3 is 2.33 bits per heavy atom. The molecular weight excluding hydrogens is 248 g/mol. The lowest BCUT2D eigenvalue weighted by Crippen LogP contribution is -2.34. The molecule has 0 N–H and O–H groups in total. The molecule has 3 nitrogen and oxygen atoms in total. The number of hydrogen-bond donors (Lipinski definition) is 0. The quantitative estimate of drug-likeness (QED) is 0.823. The van der Waals surface area contributed by atoms with E-state index in [9.17, 15) is 13.2 Å². The molecule has 0 amide bonds. The van der Waals surface area contributed by atoms with Gasteiger partial charge < -0.3 is 0 Å². The van der Waals surface area contributed by atoms with E-state index in [1.54, 1.807) is 30.3 Å². The van der Waals surface area contributed by atoms with Gasteiger partial charge in [-0.1, -0.05) is 32.0 Å². The number of rotatable bonds is 5. The van der Waals surface area contributed by atoms with Crippen LogP contribution < -0.4 is 0 Å². The molecule has 0 bridgehead atoms. The minimum Gasteiger partial charge on any atom is -0.298 e. The van der Waals surface area contributed by atoms with Crippen LogP contribution in [0.25, 0.3) is 0 Å². The second kappa shape index (κ2) is 4.50. The van der Waals surface area contributed by atoms with Crippen LogP contribution in [0.5, 0.6) is 0 Å². The summed E-state index contributed by atoms with van der Waals surface area (Å²) in [6.45, 7) is 3.74. The van der Waals surface area contributed by atoms with Crippen molar-refractivity contribution < 1.29 is 13.2 Å². The highest BCUT2D eigenvalue weighted by Crippen LogP contribution is 2.53. The van der Waals surface area contributed by atoms with Gasteiger partial charge in [-0.3, -0.25) is 4.79 Å². The Bertz CT molecular complexity index is 548. The van der Waals surface area contributed by atoms with Crippen molar-refractivity contribution in [2.75, 3.05) is 0 Å². The van der Waals surface area contributed by atoms with Gasteiger partial charge in [-0.05, 0) is 30.9 Å². The Hall–Kier alpha value is -1.16. The topological polar surface area (TPSA) is 51.2 Å². The van der Waals surface area contributed by atoms with Crippen molar-refractivity contribution in [2.45, 2.75) is 42.8 Å². The van der Waals surface area contributed by atoms with E-state index < -0.39 is 14.6 Å². The van der Waals surface area contributed by atoms with Crippen LogP contribution >= 0.6 is 0 Å². The van der Waals surface area contributed by atoms with Gasteiger partial charge in [0.05, 0.1) is 4.90 Å². The van der Waals surface area contributed by atoms with Crippen LogP contribution in [0.15, 0.2) is 35.2 Å². The molecule has 0 aliphatic heterocycles. The van der Waals surface area contributed by atoms with Crippen molar-refractivity contribution in [2.24, 2.45) is 5.92 Å². The van der Waals surface area contributed by atoms with Gasteiger partial charge in [0, 0.05) is 6.42 Å². The van der Waals surface area contributed by atoms with E-state index in [-0.39, 0.29) is 16.6 Å². The Labute approximate surface area is 108 Å². The van der Waals surface area contributed by atoms with Crippen molar-refractivity contribution in [3.8, 4) is 0 Å². The van der Waals surface area contributed by atoms with Gasteiger partial charge >= 0.3 is 0 Å². The largest absolute Gasteiger partial charge is 0.298 e. The van der Waals surface area contributed by atoms with Gasteiger partial charge in [-0.2, -0.15) is 0 Å². The molecule has 18 heavy (non-hydrogen) atoms. The minimum absolute atomic E-state index is 0.0678. The predicted molar refractivity (Wildman–Crippen MR) is 70.1 cm³/mol. The molecule has 98 valence electrons. The van der Waals surface area contributed by atoms with Gasteiger partial charge in [0.25, 0.3) is 0 Å². The van der Waals surface area contributed by atoms with Gasteiger partial charge in [0.15, 0.2) is 15.6 Å². The number of Topliss-reactive ketones (excluding diaryl/α,β-unsaturated/α-hetero) is 1. The van der Waals surface area contributed by atoms with Crippen molar-refractivity contribution in [1.82, 2.24) is 0 Å². The molecule has 2 rings (SSSR count). The zero-order valence-corrected chi connectivity index (χ0v) is 11.5. The van der Waals surface area contributed by atoms with E-state index in [4.69, 9.17) is 0 Å². The maximum absolute atomic E-state index is 12.6. The van der Waals surface area contributed by atoms with Gasteiger partial charge in [0.1, 0.15) is 4.75 Å². The fourth-order valence-corrected chi connectivity index (χ4v) is 4.89. The number of carbonyl (C=O) groups is 1. The molecule has 0 spiro atoms. The summed E-state index contributed by atoms with van der Waals surface area (Å²) in [5.41, 5.74) is 0. The Morgan fingerprint density at radius 1 is 1.33 bits per heavy atom. The summed E-state index contributed by atoms with van der Waals surface area (Å²) >= 11 is 0. The standard InChI is InChI=1S/C14H18O3S/c1-3-7-13(15)14(10-11(14)2)18(16,17)12-8-5-4-6-9-12/h4-6,8-9,11H,3,7,10H2,1-2H3/t11-,14-/m1/s1. The fourth-order valence-electron chi connectivity index (χ4n) is 2.56. The SMILES string of the molecule is CCCC(=O)[C@@]1(S(=O)(=O)c2ccccc2)C[C@H]1C. The van der Waals surface area contributed by atoms with Crippen molar-refractivity contribution in [1.29, 1.82) is 0 Å². The van der Waals surface area contributed by atoms with Crippen LogP contribution in [0.4, 0.5) is 0 Å². The summed E-state index contributed by atoms with van der Waals surface area (Å²) in [7, 11) is -3.55. The van der Waals surface area contributed by atoms with E-state index in [2.05, 4.69) is 0 Å². The molecule has 0 saturated heterocycles. The summed E-state index contributed by atoms with van der Waals surface area (Å²) in [5, 5.41) is 0. The fraction of sp³-hybridized carbons (Fsp3) is 0.500. The Morgan fingerprint density at radius 2 is 1.89 bits per heavy atom. The first-order valence-electron chi connectivity index (χ1n) is 6.29. The third kappa shape index (κ3) is 1.79. The molecule has 1 aromatic rings. The summed E-state index contributed by atoms with van der Waals surface area (Å²) in [6.07, 6.45) is 1.50. The highest BCUT2D eigenvalue weighted by atomic mass is 32.2. The highest BCUT2D eigenvalue weighted by Gasteiger charge is 2.65. The normalized spacial score (nSPS) is 26.9. The Balaban J connectivity index is 2.44. The molecule has 1 saturated carbocycles. The second-order valence-corrected chi connectivity index (χ2v) is 7.19. The molecule has 1 aromatic carbocycles. The van der Waals surface area contributed by atoms with Crippen LogP contribution in [0.3, 0.4) is 0 Å². The third-order valence-corrected chi connectivity index (χ3v) is 6.38. The first-order valence-corrected chi connectivity index (χ1v) is 7.78. The van der Waals surface area contributed by atoms with Gasteiger partial charge in [-0.25, -0.2) is 8.42 Å². The smallest absolute Gasteiger partial charge is 0.191 e. The average Bonchev–Trinajstić information content (AvgIpc) is 3.04. The molecule has 0 radical (unpaired) electrons. The number of sulfone groups is 1. The summed E-state index contributed by atoms with van der Waals surface area (Å²) in [4.78, 5) is 12.4. The molecule has 4 heteroatoms. The molecule has 1 aliphatic rings. The van der Waals surface area contributed by atoms with Crippen LogP contribution in [-0.4, -0.2) is 18.9 Å². The Kier molecular flexibility index (Phi) is 3.32. The third-order valence-electron chi connectivity index (χ3n) is 3.73. The maximum atomic E-state index is 12.6. The zero-order chi connectivity index (χ0) is 13.4. The summed E-state index contributed by atoms with van der Waals surface area (Å²) in [5.74, 6) is -0.192. The monoisotopic (exact) mass is 266 g/mol. The highest BCUT2D eigenvalue weighted by molar-refractivity contribution is 7.94. The molecule has 0 heterocycles. The van der Waals surface area contributed by atoms with Crippen molar-refractivity contribution in [3.63, 3.8) is 0 Å². The molecular formula is C14H18O3S.